The Bertz CT molecular complexity index is 473. The molecule has 20 heavy (non-hydrogen) atoms. The number of hydrogen-bond donors (Lipinski definition) is 2. The van der Waals surface area contributed by atoms with Crippen LogP contribution in [0.5, 0.6) is 0 Å². The zero-order valence-corrected chi connectivity index (χ0v) is 11.6. The van der Waals surface area contributed by atoms with E-state index >= 15 is 0 Å². The highest BCUT2D eigenvalue weighted by Gasteiger charge is 2.23. The molecule has 8 heteroatoms. The molecule has 3 N–H and O–H groups in total. The fourth-order valence-corrected chi connectivity index (χ4v) is 2.45. The summed E-state index contributed by atoms with van der Waals surface area (Å²) in [5, 5.41) is 14.0. The number of hydrogen-bond acceptors (Lipinski definition) is 7. The van der Waals surface area contributed by atoms with Crippen LogP contribution in [0.25, 0.3) is 0 Å². The summed E-state index contributed by atoms with van der Waals surface area (Å²) in [6.45, 7) is 6.07. The maximum absolute atomic E-state index is 11.0. The van der Waals surface area contributed by atoms with Crippen molar-refractivity contribution in [3.8, 4) is 0 Å². The first-order chi connectivity index (χ1) is 9.61. The molecule has 0 radical (unpaired) electrons. The summed E-state index contributed by atoms with van der Waals surface area (Å²) >= 11 is 0. The predicted octanol–water partition coefficient (Wildman–Crippen LogP) is 1.11. The van der Waals surface area contributed by atoms with Crippen molar-refractivity contribution in [2.24, 2.45) is 5.92 Å². The average Bonchev–Trinajstić information content (AvgIpc) is 2.45. The highest BCUT2D eigenvalue weighted by Crippen LogP contribution is 2.27. The van der Waals surface area contributed by atoms with Crippen molar-refractivity contribution >= 4 is 17.3 Å². The molecule has 0 aromatic carbocycles. The van der Waals surface area contributed by atoms with Gasteiger partial charge in [0.2, 0.25) is 11.6 Å². The molecule has 0 aliphatic carbocycles. The average molecular weight is 280 g/mol. The summed E-state index contributed by atoms with van der Waals surface area (Å²) in [7, 11) is 0. The normalized spacial score (nSPS) is 17.1. The molecule has 1 aromatic heterocycles. The minimum atomic E-state index is -0.544. The third kappa shape index (κ3) is 3.32. The van der Waals surface area contributed by atoms with Gasteiger partial charge in [0.25, 0.3) is 0 Å². The van der Waals surface area contributed by atoms with Crippen molar-refractivity contribution in [2.45, 2.75) is 19.8 Å². The smallest absolute Gasteiger partial charge is 0.352 e. The number of nitrogen functional groups attached to an aromatic ring is 1. The molecule has 1 saturated heterocycles. The largest absolute Gasteiger partial charge is 0.378 e. The summed E-state index contributed by atoms with van der Waals surface area (Å²) in [5.74, 6) is 0.613. The van der Waals surface area contributed by atoms with Gasteiger partial charge < -0.3 is 16.0 Å². The Balaban J connectivity index is 1.95. The molecule has 0 bridgehead atoms. The molecule has 2 heterocycles. The number of nitrogens with one attached hydrogen (secondary N) is 1. The number of aromatic nitrogens is 2. The molecular formula is C12H20N6O2. The van der Waals surface area contributed by atoms with E-state index < -0.39 is 4.92 Å². The van der Waals surface area contributed by atoms with Crippen LogP contribution in [0.4, 0.5) is 17.3 Å². The van der Waals surface area contributed by atoms with Crippen LogP contribution in [-0.2, 0) is 0 Å². The number of likely N-dealkylation sites (tertiary alicyclic amines) is 1. The van der Waals surface area contributed by atoms with Gasteiger partial charge in [0, 0.05) is 6.54 Å². The molecule has 8 nitrogen and oxygen atoms in total. The Hall–Kier alpha value is -1.96. The van der Waals surface area contributed by atoms with Crippen molar-refractivity contribution in [2.75, 3.05) is 37.2 Å². The minimum absolute atomic E-state index is 0.103. The van der Waals surface area contributed by atoms with E-state index in [2.05, 4.69) is 27.1 Å². The molecule has 0 amide bonds. The van der Waals surface area contributed by atoms with Crippen molar-refractivity contribution < 1.29 is 4.92 Å². The molecule has 1 aromatic rings. The molecule has 0 saturated carbocycles. The molecule has 1 fully saturated rings. The zero-order chi connectivity index (χ0) is 14.5. The summed E-state index contributed by atoms with van der Waals surface area (Å²) < 4.78 is 0. The second-order valence-corrected chi connectivity index (χ2v) is 4.97. The molecule has 1 aliphatic rings. The maximum Gasteiger partial charge on any atom is 0.352 e. The van der Waals surface area contributed by atoms with E-state index in [-0.39, 0.29) is 17.3 Å². The lowest BCUT2D eigenvalue weighted by Gasteiger charge is -2.31. The molecular weight excluding hydrogens is 260 g/mol. The van der Waals surface area contributed by atoms with Crippen LogP contribution >= 0.6 is 0 Å². The van der Waals surface area contributed by atoms with Crippen LogP contribution < -0.4 is 11.1 Å². The van der Waals surface area contributed by atoms with Crippen LogP contribution in [0.3, 0.4) is 0 Å². The number of nitro groups is 1. The molecule has 110 valence electrons. The molecule has 2 rings (SSSR count). The van der Waals surface area contributed by atoms with E-state index in [9.17, 15) is 10.1 Å². The third-order valence-corrected chi connectivity index (χ3v) is 3.75. The van der Waals surface area contributed by atoms with Gasteiger partial charge in [-0.1, -0.05) is 6.92 Å². The van der Waals surface area contributed by atoms with Gasteiger partial charge in [0.15, 0.2) is 0 Å². The van der Waals surface area contributed by atoms with Crippen molar-refractivity contribution in [1.82, 2.24) is 14.9 Å². The van der Waals surface area contributed by atoms with Crippen LogP contribution in [0.2, 0.25) is 0 Å². The second-order valence-electron chi connectivity index (χ2n) is 4.97. The summed E-state index contributed by atoms with van der Waals surface area (Å²) in [4.78, 5) is 20.4. The van der Waals surface area contributed by atoms with Gasteiger partial charge in [0.1, 0.15) is 6.33 Å². The van der Waals surface area contributed by atoms with Gasteiger partial charge in [-0.3, -0.25) is 10.1 Å². The lowest BCUT2D eigenvalue weighted by atomic mass is 9.97. The van der Waals surface area contributed by atoms with E-state index in [1.807, 2.05) is 0 Å². The van der Waals surface area contributed by atoms with Crippen LogP contribution in [0.15, 0.2) is 6.33 Å². The fourth-order valence-electron chi connectivity index (χ4n) is 2.45. The Morgan fingerprint density at radius 2 is 2.20 bits per heavy atom. The number of rotatable bonds is 5. The Kier molecular flexibility index (Phi) is 4.67. The van der Waals surface area contributed by atoms with Crippen LogP contribution in [0.1, 0.15) is 19.8 Å². The number of piperidine rings is 1. The monoisotopic (exact) mass is 280 g/mol. The predicted molar refractivity (Wildman–Crippen MR) is 76.4 cm³/mol. The Morgan fingerprint density at radius 1 is 1.50 bits per heavy atom. The van der Waals surface area contributed by atoms with Gasteiger partial charge in [0.05, 0.1) is 4.92 Å². The number of nitrogens with two attached hydrogens (primary N) is 1. The first kappa shape index (κ1) is 14.4. The van der Waals surface area contributed by atoms with Crippen molar-refractivity contribution in [3.05, 3.63) is 16.4 Å². The molecule has 0 unspecified atom stereocenters. The zero-order valence-electron chi connectivity index (χ0n) is 11.6. The van der Waals surface area contributed by atoms with E-state index in [0.717, 1.165) is 32.5 Å². The quantitative estimate of drug-likeness (QED) is 0.614. The minimum Gasteiger partial charge on any atom is -0.378 e. The standard InChI is InChI=1S/C12H20N6O2/c1-2-17-5-3-9(4-6-17)7-14-12-10(18(19)20)11(13)15-8-16-12/h8-9H,2-7H2,1H3,(H3,13,14,15,16). The summed E-state index contributed by atoms with van der Waals surface area (Å²) in [6.07, 6.45) is 3.43. The topological polar surface area (TPSA) is 110 Å². The second kappa shape index (κ2) is 6.47. The van der Waals surface area contributed by atoms with Gasteiger partial charge in [-0.25, -0.2) is 9.97 Å². The van der Waals surface area contributed by atoms with Gasteiger partial charge >= 0.3 is 5.69 Å². The Labute approximate surface area is 117 Å². The molecule has 0 spiro atoms. The van der Waals surface area contributed by atoms with Crippen molar-refractivity contribution in [1.29, 1.82) is 0 Å². The van der Waals surface area contributed by atoms with E-state index in [4.69, 9.17) is 5.73 Å². The molecule has 0 atom stereocenters. The maximum atomic E-state index is 11.0. The fraction of sp³-hybridized carbons (Fsp3) is 0.667. The first-order valence-electron chi connectivity index (χ1n) is 6.83. The number of nitrogens with zero attached hydrogens (tertiary/aromatic N) is 4. The Morgan fingerprint density at radius 3 is 2.80 bits per heavy atom. The van der Waals surface area contributed by atoms with E-state index in [0.29, 0.717) is 12.5 Å². The summed E-state index contributed by atoms with van der Waals surface area (Å²) in [6, 6.07) is 0. The lowest BCUT2D eigenvalue weighted by Crippen LogP contribution is -2.35. The first-order valence-corrected chi connectivity index (χ1v) is 6.83. The third-order valence-electron chi connectivity index (χ3n) is 3.75. The van der Waals surface area contributed by atoms with Crippen LogP contribution in [-0.4, -0.2) is 46.0 Å². The lowest BCUT2D eigenvalue weighted by molar-refractivity contribution is -0.383. The van der Waals surface area contributed by atoms with Gasteiger partial charge in [-0.2, -0.15) is 0 Å². The summed E-state index contributed by atoms with van der Waals surface area (Å²) in [5.41, 5.74) is 5.29. The number of anilines is 2. The van der Waals surface area contributed by atoms with Crippen molar-refractivity contribution in [3.63, 3.8) is 0 Å². The van der Waals surface area contributed by atoms with E-state index in [1.165, 1.54) is 6.33 Å². The molecule has 1 aliphatic heterocycles. The SMILES string of the molecule is CCN1CCC(CNc2ncnc(N)c2[N+](=O)[O-])CC1. The van der Waals surface area contributed by atoms with Gasteiger partial charge in [-0.15, -0.1) is 0 Å². The van der Waals surface area contributed by atoms with E-state index in [1.54, 1.807) is 0 Å². The highest BCUT2D eigenvalue weighted by atomic mass is 16.6. The highest BCUT2D eigenvalue weighted by molar-refractivity contribution is 5.67. The van der Waals surface area contributed by atoms with Crippen LogP contribution in [0, 0.1) is 16.0 Å². The van der Waals surface area contributed by atoms with Gasteiger partial charge in [-0.05, 0) is 38.4 Å².